The fraction of sp³-hybridized carbons (Fsp3) is 0.571. The van der Waals surface area contributed by atoms with Crippen LogP contribution in [0.4, 0.5) is 8.78 Å². The Bertz CT molecular complexity index is 384. The summed E-state index contributed by atoms with van der Waals surface area (Å²) in [6, 6.07) is 8.09. The fourth-order valence-electron chi connectivity index (χ4n) is 2.45. The van der Waals surface area contributed by atoms with Gasteiger partial charge in [0, 0.05) is 6.42 Å². The van der Waals surface area contributed by atoms with Gasteiger partial charge in [0.25, 0.3) is 6.43 Å². The van der Waals surface area contributed by atoms with Crippen LogP contribution in [0.3, 0.4) is 0 Å². The van der Waals surface area contributed by atoms with Gasteiger partial charge in [0.2, 0.25) is 0 Å². The maximum absolute atomic E-state index is 12.3. The Morgan fingerprint density at radius 1 is 1.39 bits per heavy atom. The molecule has 0 aliphatic heterocycles. The number of alkyl halides is 2. The molecule has 1 aromatic carbocycles. The summed E-state index contributed by atoms with van der Waals surface area (Å²) in [6.45, 7) is 2.47. The smallest absolute Gasteiger partial charge is 0.261 e. The second-order valence-corrected chi connectivity index (χ2v) is 4.60. The summed E-state index contributed by atoms with van der Waals surface area (Å²) in [5.74, 6) is 0. The summed E-state index contributed by atoms with van der Waals surface area (Å²) < 4.78 is 29.8. The maximum atomic E-state index is 12.3. The summed E-state index contributed by atoms with van der Waals surface area (Å²) in [4.78, 5) is 0. The Kier molecular flexibility index (Phi) is 4.66. The molecular formula is C14H19F2NO. The second-order valence-electron chi connectivity index (χ2n) is 4.60. The fourth-order valence-corrected chi connectivity index (χ4v) is 2.45. The highest BCUT2D eigenvalue weighted by Crippen LogP contribution is 2.33. The Balaban J connectivity index is 2.07. The van der Waals surface area contributed by atoms with Gasteiger partial charge in [-0.05, 0) is 24.1 Å². The van der Waals surface area contributed by atoms with Gasteiger partial charge >= 0.3 is 0 Å². The van der Waals surface area contributed by atoms with E-state index in [1.165, 1.54) is 11.1 Å². The van der Waals surface area contributed by atoms with Crippen LogP contribution >= 0.6 is 0 Å². The van der Waals surface area contributed by atoms with E-state index in [4.69, 9.17) is 4.74 Å². The molecule has 2 atom stereocenters. The molecule has 0 amide bonds. The van der Waals surface area contributed by atoms with Crippen molar-refractivity contribution in [1.29, 1.82) is 0 Å². The van der Waals surface area contributed by atoms with E-state index in [9.17, 15) is 8.78 Å². The minimum absolute atomic E-state index is 0.0416. The third kappa shape index (κ3) is 3.06. The third-order valence-corrected chi connectivity index (χ3v) is 3.23. The molecule has 0 spiro atoms. The molecule has 100 valence electrons. The molecule has 0 heterocycles. The van der Waals surface area contributed by atoms with Crippen molar-refractivity contribution in [3.63, 3.8) is 0 Å². The molecule has 0 bridgehead atoms. The predicted octanol–water partition coefficient (Wildman–Crippen LogP) is 2.93. The zero-order valence-electron chi connectivity index (χ0n) is 10.5. The van der Waals surface area contributed by atoms with E-state index in [-0.39, 0.29) is 12.1 Å². The molecule has 2 nitrogen and oxygen atoms in total. The van der Waals surface area contributed by atoms with E-state index in [0.29, 0.717) is 6.42 Å². The highest BCUT2D eigenvalue weighted by molar-refractivity contribution is 5.36. The summed E-state index contributed by atoms with van der Waals surface area (Å²) in [5.41, 5.74) is 2.38. The highest BCUT2D eigenvalue weighted by atomic mass is 19.3. The van der Waals surface area contributed by atoms with Crippen molar-refractivity contribution in [3.8, 4) is 0 Å². The van der Waals surface area contributed by atoms with Crippen molar-refractivity contribution >= 4 is 0 Å². The molecule has 1 aromatic rings. The average Bonchev–Trinajstić information content (AvgIpc) is 2.71. The first-order valence-corrected chi connectivity index (χ1v) is 6.43. The summed E-state index contributed by atoms with van der Waals surface area (Å²) in [7, 11) is 0. The summed E-state index contributed by atoms with van der Waals surface area (Å²) >= 11 is 0. The van der Waals surface area contributed by atoms with Gasteiger partial charge in [-0.15, -0.1) is 0 Å². The standard InChI is InChI=1S/C14H19F2NO/c1-2-7-17-14-11-6-4-3-5-10(11)8-12(14)18-9-13(15)16/h3-6,12-14,17H,2,7-9H2,1H3. The Hall–Kier alpha value is -1.00. The Morgan fingerprint density at radius 2 is 2.17 bits per heavy atom. The van der Waals surface area contributed by atoms with Crippen molar-refractivity contribution in [3.05, 3.63) is 35.4 Å². The molecule has 2 rings (SSSR count). The lowest BCUT2D eigenvalue weighted by molar-refractivity contribution is -0.0332. The van der Waals surface area contributed by atoms with Crippen LogP contribution < -0.4 is 5.32 Å². The molecule has 0 saturated carbocycles. The Labute approximate surface area is 106 Å². The lowest BCUT2D eigenvalue weighted by atomic mass is 10.1. The zero-order chi connectivity index (χ0) is 13.0. The van der Waals surface area contributed by atoms with Crippen LogP contribution in [0.2, 0.25) is 0 Å². The highest BCUT2D eigenvalue weighted by Gasteiger charge is 2.32. The molecule has 0 saturated heterocycles. The quantitative estimate of drug-likeness (QED) is 0.844. The molecule has 0 fully saturated rings. The van der Waals surface area contributed by atoms with Gasteiger partial charge < -0.3 is 10.1 Å². The van der Waals surface area contributed by atoms with Crippen molar-refractivity contribution < 1.29 is 13.5 Å². The van der Waals surface area contributed by atoms with Gasteiger partial charge in [-0.2, -0.15) is 0 Å². The summed E-state index contributed by atoms with van der Waals surface area (Å²) in [5, 5.41) is 3.39. The van der Waals surface area contributed by atoms with Crippen molar-refractivity contribution in [1.82, 2.24) is 5.32 Å². The minimum Gasteiger partial charge on any atom is -0.370 e. The van der Waals surface area contributed by atoms with E-state index in [2.05, 4.69) is 12.2 Å². The number of rotatable bonds is 6. The third-order valence-electron chi connectivity index (χ3n) is 3.23. The number of benzene rings is 1. The number of ether oxygens (including phenoxy) is 1. The van der Waals surface area contributed by atoms with Gasteiger partial charge in [-0.3, -0.25) is 0 Å². The molecule has 2 unspecified atom stereocenters. The Morgan fingerprint density at radius 3 is 2.89 bits per heavy atom. The molecular weight excluding hydrogens is 236 g/mol. The molecule has 18 heavy (non-hydrogen) atoms. The van der Waals surface area contributed by atoms with E-state index < -0.39 is 13.0 Å². The van der Waals surface area contributed by atoms with Crippen LogP contribution in [0.5, 0.6) is 0 Å². The normalized spacial score (nSPS) is 22.4. The van der Waals surface area contributed by atoms with Crippen LogP contribution in [-0.4, -0.2) is 25.7 Å². The molecule has 0 aromatic heterocycles. The van der Waals surface area contributed by atoms with Crippen LogP contribution in [0.25, 0.3) is 0 Å². The SMILES string of the molecule is CCCNC1c2ccccc2CC1OCC(F)F. The van der Waals surface area contributed by atoms with E-state index in [1.54, 1.807) is 0 Å². The zero-order valence-corrected chi connectivity index (χ0v) is 10.5. The lowest BCUT2D eigenvalue weighted by Crippen LogP contribution is -2.32. The number of fused-ring (bicyclic) bond motifs is 1. The maximum Gasteiger partial charge on any atom is 0.261 e. The van der Waals surface area contributed by atoms with Gasteiger partial charge in [0.05, 0.1) is 12.1 Å². The first-order chi connectivity index (χ1) is 8.72. The van der Waals surface area contributed by atoms with Crippen LogP contribution in [0.15, 0.2) is 24.3 Å². The monoisotopic (exact) mass is 255 g/mol. The first kappa shape index (κ1) is 13.4. The molecule has 1 aliphatic rings. The van der Waals surface area contributed by atoms with Crippen LogP contribution in [0.1, 0.15) is 30.5 Å². The number of halogens is 2. The number of hydrogen-bond acceptors (Lipinski definition) is 2. The van der Waals surface area contributed by atoms with Gasteiger partial charge in [0.1, 0.15) is 6.61 Å². The molecule has 1 aliphatic carbocycles. The topological polar surface area (TPSA) is 21.3 Å². The number of nitrogens with one attached hydrogen (secondary N) is 1. The largest absolute Gasteiger partial charge is 0.370 e. The lowest BCUT2D eigenvalue weighted by Gasteiger charge is -2.22. The summed E-state index contributed by atoms with van der Waals surface area (Å²) in [6.07, 6.45) is -0.853. The predicted molar refractivity (Wildman–Crippen MR) is 66.9 cm³/mol. The van der Waals surface area contributed by atoms with E-state index in [1.807, 2.05) is 24.3 Å². The molecule has 0 radical (unpaired) electrons. The van der Waals surface area contributed by atoms with Crippen molar-refractivity contribution in [2.75, 3.05) is 13.2 Å². The van der Waals surface area contributed by atoms with Crippen LogP contribution in [0, 0.1) is 0 Å². The second kappa shape index (κ2) is 6.25. The van der Waals surface area contributed by atoms with Crippen molar-refractivity contribution in [2.45, 2.75) is 38.3 Å². The van der Waals surface area contributed by atoms with Crippen LogP contribution in [-0.2, 0) is 11.2 Å². The van der Waals surface area contributed by atoms with Gasteiger partial charge in [-0.25, -0.2) is 8.78 Å². The average molecular weight is 255 g/mol. The van der Waals surface area contributed by atoms with Crippen molar-refractivity contribution in [2.24, 2.45) is 0 Å². The van der Waals surface area contributed by atoms with E-state index in [0.717, 1.165) is 13.0 Å². The first-order valence-electron chi connectivity index (χ1n) is 6.43. The molecule has 1 N–H and O–H groups in total. The minimum atomic E-state index is -2.40. The van der Waals surface area contributed by atoms with Gasteiger partial charge in [0.15, 0.2) is 0 Å². The number of hydrogen-bond donors (Lipinski definition) is 1. The van der Waals surface area contributed by atoms with Gasteiger partial charge in [-0.1, -0.05) is 31.2 Å². The van der Waals surface area contributed by atoms with E-state index >= 15 is 0 Å². The molecule has 4 heteroatoms.